The number of fused-ring (bicyclic) bond motifs is 1. The van der Waals surface area contributed by atoms with Gasteiger partial charge in [0, 0.05) is 25.0 Å². The van der Waals surface area contributed by atoms with E-state index >= 15 is 0 Å². The van der Waals surface area contributed by atoms with Gasteiger partial charge in [0.2, 0.25) is 5.95 Å². The van der Waals surface area contributed by atoms with E-state index < -0.39 is 5.60 Å². The molecule has 8 nitrogen and oxygen atoms in total. The number of aromatic nitrogens is 4. The number of hydrogen-bond donors (Lipinski definition) is 4. The average molecular weight is 485 g/mol. The predicted octanol–water partition coefficient (Wildman–Crippen LogP) is 3.51. The molecule has 162 valence electrons. The molecule has 0 saturated heterocycles. The molecule has 2 heterocycles. The van der Waals surface area contributed by atoms with E-state index in [0.717, 1.165) is 46.3 Å². The van der Waals surface area contributed by atoms with E-state index in [2.05, 4.69) is 36.5 Å². The maximum absolute atomic E-state index is 11.8. The monoisotopic (exact) mass is 484 g/mol. The highest BCUT2D eigenvalue weighted by atomic mass is 79.9. The zero-order valence-corrected chi connectivity index (χ0v) is 18.8. The van der Waals surface area contributed by atoms with Crippen LogP contribution in [0.1, 0.15) is 32.1 Å². The molecule has 4 aliphatic carbocycles. The van der Waals surface area contributed by atoms with E-state index in [-0.39, 0.29) is 5.69 Å². The van der Waals surface area contributed by atoms with E-state index in [1.54, 1.807) is 17.8 Å². The summed E-state index contributed by atoms with van der Waals surface area (Å²) in [4.78, 5) is 23.8. The first-order chi connectivity index (χ1) is 14.9. The Kier molecular flexibility index (Phi) is 4.24. The normalized spacial score (nSPS) is 31.3. The number of aliphatic hydroxyl groups is 1. The van der Waals surface area contributed by atoms with Gasteiger partial charge in [0.25, 0.3) is 0 Å². The van der Waals surface area contributed by atoms with Crippen molar-refractivity contribution >= 4 is 44.4 Å². The van der Waals surface area contributed by atoms with Gasteiger partial charge in [0.15, 0.2) is 0 Å². The Morgan fingerprint density at radius 3 is 2.77 bits per heavy atom. The van der Waals surface area contributed by atoms with Gasteiger partial charge < -0.3 is 20.7 Å². The molecule has 0 radical (unpaired) electrons. The van der Waals surface area contributed by atoms with E-state index in [0.29, 0.717) is 29.7 Å². The van der Waals surface area contributed by atoms with Crippen molar-refractivity contribution in [2.24, 2.45) is 24.8 Å². The van der Waals surface area contributed by atoms with Gasteiger partial charge in [-0.15, -0.1) is 0 Å². The fraction of sp³-hybridized carbons (Fsp3) is 0.500. The molecule has 4 bridgehead atoms. The highest BCUT2D eigenvalue weighted by molar-refractivity contribution is 9.10. The summed E-state index contributed by atoms with van der Waals surface area (Å²) in [7, 11) is 1.74. The Labute approximate surface area is 187 Å². The molecule has 0 amide bonds. The molecule has 4 fully saturated rings. The topological polar surface area (TPSA) is 108 Å². The van der Waals surface area contributed by atoms with Crippen molar-refractivity contribution in [2.45, 2.75) is 43.7 Å². The molecule has 0 spiro atoms. The lowest BCUT2D eigenvalue weighted by Gasteiger charge is -2.58. The Morgan fingerprint density at radius 1 is 1.26 bits per heavy atom. The number of halogens is 1. The van der Waals surface area contributed by atoms with Crippen molar-refractivity contribution in [3.63, 3.8) is 0 Å². The third kappa shape index (κ3) is 3.25. The number of imidazole rings is 1. The maximum Gasteiger partial charge on any atom is 0.326 e. The Hall–Kier alpha value is -2.39. The van der Waals surface area contributed by atoms with E-state index in [1.165, 1.54) is 12.8 Å². The molecule has 2 unspecified atom stereocenters. The fourth-order valence-corrected chi connectivity index (χ4v) is 6.65. The molecular formula is C22H25BrN6O2. The SMILES string of the molecule is Cn1c(=O)[nH]c2cc(Nc3ncc(Br)c(NC4C5CC6CC4CC(O)(C6)C5)n3)ccc21. The lowest BCUT2D eigenvalue weighted by molar-refractivity contribution is -0.129. The standard InChI is InChI=1S/C22H25BrN6O2/c1-29-17-3-2-14(6-16(17)26-21(29)30)25-20-24-10-15(23)19(28-20)27-18-12-4-11-5-13(18)9-22(31,7-11)8-12/h2-3,6,10-13,18,31H,4-5,7-9H2,1H3,(H,26,30)(H2,24,25,27,28). The second-order valence-corrected chi connectivity index (χ2v) is 10.5. The quantitative estimate of drug-likeness (QED) is 0.451. The highest BCUT2D eigenvalue weighted by Crippen LogP contribution is 2.56. The minimum Gasteiger partial charge on any atom is -0.390 e. The molecular weight excluding hydrogens is 460 g/mol. The van der Waals surface area contributed by atoms with Gasteiger partial charge in [-0.05, 0) is 84.0 Å². The van der Waals surface area contributed by atoms with Crippen LogP contribution in [0, 0.1) is 17.8 Å². The summed E-state index contributed by atoms with van der Waals surface area (Å²) >= 11 is 3.59. The van der Waals surface area contributed by atoms with Gasteiger partial charge in [-0.25, -0.2) is 9.78 Å². The third-order valence-corrected chi connectivity index (χ3v) is 8.03. The second kappa shape index (κ2) is 6.80. The highest BCUT2D eigenvalue weighted by Gasteiger charge is 2.54. The zero-order chi connectivity index (χ0) is 21.3. The van der Waals surface area contributed by atoms with Crippen molar-refractivity contribution in [3.8, 4) is 0 Å². The van der Waals surface area contributed by atoms with Crippen LogP contribution in [0.5, 0.6) is 0 Å². The number of aromatic amines is 1. The maximum atomic E-state index is 11.8. The van der Waals surface area contributed by atoms with Gasteiger partial charge in [-0.1, -0.05) is 0 Å². The second-order valence-electron chi connectivity index (χ2n) is 9.60. The molecule has 31 heavy (non-hydrogen) atoms. The Balaban J connectivity index is 1.24. The molecule has 3 aromatic rings. The first-order valence-corrected chi connectivity index (χ1v) is 11.6. The molecule has 7 rings (SSSR count). The van der Waals surface area contributed by atoms with Crippen LogP contribution in [0.4, 0.5) is 17.5 Å². The lowest BCUT2D eigenvalue weighted by Crippen LogP contribution is -2.59. The van der Waals surface area contributed by atoms with Crippen LogP contribution < -0.4 is 16.3 Å². The van der Waals surface area contributed by atoms with Crippen LogP contribution in [-0.2, 0) is 7.05 Å². The number of H-pyrrole nitrogens is 1. The van der Waals surface area contributed by atoms with Crippen molar-refractivity contribution in [3.05, 3.63) is 39.4 Å². The van der Waals surface area contributed by atoms with Crippen molar-refractivity contribution in [2.75, 3.05) is 10.6 Å². The number of nitrogens with one attached hydrogen (secondary N) is 3. The Morgan fingerprint density at radius 2 is 2.03 bits per heavy atom. The summed E-state index contributed by atoms with van der Waals surface area (Å²) in [6.07, 6.45) is 6.90. The number of anilines is 3. The molecule has 4 N–H and O–H groups in total. The van der Waals surface area contributed by atoms with Gasteiger partial charge in [-0.2, -0.15) is 4.98 Å². The summed E-state index contributed by atoms with van der Waals surface area (Å²) in [5, 5.41) is 17.8. The van der Waals surface area contributed by atoms with Crippen LogP contribution in [0.3, 0.4) is 0 Å². The fourth-order valence-electron chi connectivity index (χ4n) is 6.35. The van der Waals surface area contributed by atoms with Gasteiger partial charge >= 0.3 is 5.69 Å². The van der Waals surface area contributed by atoms with Crippen LogP contribution in [-0.4, -0.2) is 36.3 Å². The van der Waals surface area contributed by atoms with Crippen LogP contribution in [0.15, 0.2) is 33.7 Å². The number of benzene rings is 1. The summed E-state index contributed by atoms with van der Waals surface area (Å²) in [6, 6.07) is 6.02. The minimum atomic E-state index is -0.443. The summed E-state index contributed by atoms with van der Waals surface area (Å²) in [5.41, 5.74) is 1.83. The first kappa shape index (κ1) is 19.3. The molecule has 9 heteroatoms. The summed E-state index contributed by atoms with van der Waals surface area (Å²) < 4.78 is 2.41. The largest absolute Gasteiger partial charge is 0.390 e. The van der Waals surface area contributed by atoms with Gasteiger partial charge in [0.1, 0.15) is 5.82 Å². The smallest absolute Gasteiger partial charge is 0.326 e. The van der Waals surface area contributed by atoms with Crippen molar-refractivity contribution in [1.29, 1.82) is 0 Å². The predicted molar refractivity (Wildman–Crippen MR) is 122 cm³/mol. The van der Waals surface area contributed by atoms with Gasteiger partial charge in [-0.3, -0.25) is 4.57 Å². The van der Waals surface area contributed by atoms with Crippen LogP contribution >= 0.6 is 15.9 Å². The minimum absolute atomic E-state index is 0.140. The Bertz CT molecular complexity index is 1220. The van der Waals surface area contributed by atoms with Crippen LogP contribution in [0.25, 0.3) is 11.0 Å². The lowest BCUT2D eigenvalue weighted by atomic mass is 9.52. The molecule has 0 aliphatic heterocycles. The van der Waals surface area contributed by atoms with Crippen molar-refractivity contribution in [1.82, 2.24) is 19.5 Å². The van der Waals surface area contributed by atoms with Gasteiger partial charge in [0.05, 0.1) is 21.1 Å². The molecule has 2 atom stereocenters. The average Bonchev–Trinajstić information content (AvgIpc) is 2.99. The molecule has 2 aromatic heterocycles. The summed E-state index contributed by atoms with van der Waals surface area (Å²) in [5.74, 6) is 2.92. The van der Waals surface area contributed by atoms with E-state index in [1.807, 2.05) is 18.2 Å². The number of hydrogen-bond acceptors (Lipinski definition) is 6. The first-order valence-electron chi connectivity index (χ1n) is 10.8. The summed E-state index contributed by atoms with van der Waals surface area (Å²) in [6.45, 7) is 0. The molecule has 1 aromatic carbocycles. The molecule has 4 aliphatic rings. The number of rotatable bonds is 4. The van der Waals surface area contributed by atoms with E-state index in [9.17, 15) is 9.90 Å². The van der Waals surface area contributed by atoms with E-state index in [4.69, 9.17) is 4.98 Å². The zero-order valence-electron chi connectivity index (χ0n) is 17.2. The van der Waals surface area contributed by atoms with Crippen molar-refractivity contribution < 1.29 is 5.11 Å². The third-order valence-electron chi connectivity index (χ3n) is 7.45. The number of nitrogens with zero attached hydrogens (tertiary/aromatic N) is 3. The number of aryl methyl sites for hydroxylation is 1. The van der Waals surface area contributed by atoms with Crippen LogP contribution in [0.2, 0.25) is 0 Å². The molecule has 4 saturated carbocycles.